The Morgan fingerprint density at radius 1 is 1.20 bits per heavy atom. The Balaban J connectivity index is 2.49. The van der Waals surface area contributed by atoms with Gasteiger partial charge in [-0.2, -0.15) is 0 Å². The van der Waals surface area contributed by atoms with Crippen molar-refractivity contribution >= 4 is 0 Å². The number of hydrogen-bond acceptors (Lipinski definition) is 3. The normalized spacial score (nSPS) is 17.4. The average Bonchev–Trinajstić information content (AvgIpc) is 2.05. The van der Waals surface area contributed by atoms with Crippen LogP contribution in [0.3, 0.4) is 0 Å². The van der Waals surface area contributed by atoms with Crippen molar-refractivity contribution in [3.05, 3.63) is 23.7 Å². The standard InChI is InChI=1S/C7H10O3/c8-4-6-2-1-3-7(5-9)10-6/h2-3,8-9H,1,4-5H2. The number of aliphatic hydroxyl groups excluding tert-OH is 2. The molecule has 0 saturated heterocycles. The van der Waals surface area contributed by atoms with Crippen molar-refractivity contribution in [1.29, 1.82) is 0 Å². The van der Waals surface area contributed by atoms with Crippen LogP contribution in [0.25, 0.3) is 0 Å². The summed E-state index contributed by atoms with van der Waals surface area (Å²) >= 11 is 0. The highest BCUT2D eigenvalue weighted by Crippen LogP contribution is 2.12. The minimum Gasteiger partial charge on any atom is -0.462 e. The first-order valence-corrected chi connectivity index (χ1v) is 3.14. The van der Waals surface area contributed by atoms with Gasteiger partial charge in [0.05, 0.1) is 0 Å². The van der Waals surface area contributed by atoms with E-state index in [2.05, 4.69) is 0 Å². The van der Waals surface area contributed by atoms with Gasteiger partial charge in [0.1, 0.15) is 24.7 Å². The Labute approximate surface area is 59.2 Å². The van der Waals surface area contributed by atoms with Crippen molar-refractivity contribution in [1.82, 2.24) is 0 Å². The van der Waals surface area contributed by atoms with Gasteiger partial charge >= 0.3 is 0 Å². The van der Waals surface area contributed by atoms with E-state index >= 15 is 0 Å². The van der Waals surface area contributed by atoms with Gasteiger partial charge in [-0.25, -0.2) is 0 Å². The maximum atomic E-state index is 8.60. The molecule has 3 nitrogen and oxygen atoms in total. The molecule has 1 heterocycles. The molecule has 0 spiro atoms. The highest BCUT2D eigenvalue weighted by molar-refractivity contribution is 5.10. The Morgan fingerprint density at radius 3 is 2.10 bits per heavy atom. The number of ether oxygens (including phenoxy) is 1. The second-order valence-corrected chi connectivity index (χ2v) is 1.99. The van der Waals surface area contributed by atoms with E-state index in [1.54, 1.807) is 12.2 Å². The summed E-state index contributed by atoms with van der Waals surface area (Å²) in [7, 11) is 0. The van der Waals surface area contributed by atoms with Crippen LogP contribution in [0.1, 0.15) is 6.42 Å². The molecule has 1 aliphatic rings. The molecule has 56 valence electrons. The molecule has 2 N–H and O–H groups in total. The third kappa shape index (κ3) is 1.59. The molecule has 0 amide bonds. The fourth-order valence-electron chi connectivity index (χ4n) is 0.767. The van der Waals surface area contributed by atoms with Crippen molar-refractivity contribution in [2.45, 2.75) is 6.42 Å². The molecular formula is C7H10O3. The van der Waals surface area contributed by atoms with E-state index in [1.165, 1.54) is 0 Å². The summed E-state index contributed by atoms with van der Waals surface area (Å²) in [6.45, 7) is -0.200. The summed E-state index contributed by atoms with van der Waals surface area (Å²) in [6.07, 6.45) is 4.28. The summed E-state index contributed by atoms with van der Waals surface area (Å²) in [6, 6.07) is 0. The highest BCUT2D eigenvalue weighted by Gasteiger charge is 2.04. The van der Waals surface area contributed by atoms with E-state index in [-0.39, 0.29) is 13.2 Å². The van der Waals surface area contributed by atoms with Crippen LogP contribution in [0.15, 0.2) is 23.7 Å². The number of rotatable bonds is 2. The maximum Gasteiger partial charge on any atom is 0.125 e. The smallest absolute Gasteiger partial charge is 0.125 e. The molecule has 3 heteroatoms. The molecule has 10 heavy (non-hydrogen) atoms. The van der Waals surface area contributed by atoms with Gasteiger partial charge in [-0.15, -0.1) is 0 Å². The molecule has 0 radical (unpaired) electrons. The largest absolute Gasteiger partial charge is 0.462 e. The summed E-state index contributed by atoms with van der Waals surface area (Å²) in [4.78, 5) is 0. The molecule has 0 aromatic rings. The first kappa shape index (κ1) is 7.31. The van der Waals surface area contributed by atoms with E-state index in [0.717, 1.165) is 6.42 Å². The van der Waals surface area contributed by atoms with Crippen LogP contribution in [0.2, 0.25) is 0 Å². The number of aliphatic hydroxyl groups is 2. The quantitative estimate of drug-likeness (QED) is 0.577. The second-order valence-electron chi connectivity index (χ2n) is 1.99. The third-order valence-electron chi connectivity index (χ3n) is 1.26. The van der Waals surface area contributed by atoms with Crippen molar-refractivity contribution < 1.29 is 14.9 Å². The minimum absolute atomic E-state index is 0.0999. The lowest BCUT2D eigenvalue weighted by Crippen LogP contribution is -2.04. The van der Waals surface area contributed by atoms with Crippen molar-refractivity contribution in [3.8, 4) is 0 Å². The maximum absolute atomic E-state index is 8.60. The lowest BCUT2D eigenvalue weighted by molar-refractivity contribution is 0.172. The van der Waals surface area contributed by atoms with Crippen LogP contribution >= 0.6 is 0 Å². The molecule has 0 unspecified atom stereocenters. The molecule has 1 aliphatic heterocycles. The monoisotopic (exact) mass is 142 g/mol. The predicted octanol–water partition coefficient (Wildman–Crippen LogP) is 0.159. The summed E-state index contributed by atoms with van der Waals surface area (Å²) in [5, 5.41) is 17.2. The first-order chi connectivity index (χ1) is 4.86. The SMILES string of the molecule is OCC1=CCC=C(CO)O1. The van der Waals surface area contributed by atoms with E-state index in [1.807, 2.05) is 0 Å². The zero-order valence-electron chi connectivity index (χ0n) is 5.58. The molecule has 0 aliphatic carbocycles. The molecule has 0 atom stereocenters. The van der Waals surface area contributed by atoms with Gasteiger partial charge in [0.15, 0.2) is 0 Å². The van der Waals surface area contributed by atoms with E-state index < -0.39 is 0 Å². The van der Waals surface area contributed by atoms with E-state index in [0.29, 0.717) is 11.5 Å². The zero-order valence-corrected chi connectivity index (χ0v) is 5.58. The number of allylic oxidation sites excluding steroid dienone is 2. The van der Waals surface area contributed by atoms with Crippen LogP contribution in [-0.2, 0) is 4.74 Å². The second kappa shape index (κ2) is 3.39. The Kier molecular flexibility index (Phi) is 2.48. The summed E-state index contributed by atoms with van der Waals surface area (Å²) in [5.41, 5.74) is 0. The molecule has 0 aromatic carbocycles. The minimum atomic E-state index is -0.0999. The predicted molar refractivity (Wildman–Crippen MR) is 36.0 cm³/mol. The molecule has 0 fully saturated rings. The van der Waals surface area contributed by atoms with Crippen LogP contribution in [-0.4, -0.2) is 23.4 Å². The highest BCUT2D eigenvalue weighted by atomic mass is 16.5. The van der Waals surface area contributed by atoms with Gasteiger partial charge in [0.2, 0.25) is 0 Å². The fourth-order valence-corrected chi connectivity index (χ4v) is 0.767. The van der Waals surface area contributed by atoms with E-state index in [9.17, 15) is 0 Å². The summed E-state index contributed by atoms with van der Waals surface area (Å²) in [5.74, 6) is 1.04. The van der Waals surface area contributed by atoms with Crippen LogP contribution in [0, 0.1) is 0 Å². The zero-order chi connectivity index (χ0) is 7.40. The van der Waals surface area contributed by atoms with Crippen molar-refractivity contribution in [3.63, 3.8) is 0 Å². The third-order valence-corrected chi connectivity index (χ3v) is 1.26. The van der Waals surface area contributed by atoms with Crippen LogP contribution < -0.4 is 0 Å². The van der Waals surface area contributed by atoms with Crippen LogP contribution in [0.4, 0.5) is 0 Å². The molecule has 0 aromatic heterocycles. The lowest BCUT2D eigenvalue weighted by atomic mass is 10.2. The van der Waals surface area contributed by atoms with Gasteiger partial charge in [-0.1, -0.05) is 0 Å². The van der Waals surface area contributed by atoms with Crippen molar-refractivity contribution in [2.75, 3.05) is 13.2 Å². The fraction of sp³-hybridized carbons (Fsp3) is 0.429. The van der Waals surface area contributed by atoms with Gasteiger partial charge < -0.3 is 14.9 Å². The topological polar surface area (TPSA) is 49.7 Å². The Bertz CT molecular complexity index is 152. The first-order valence-electron chi connectivity index (χ1n) is 3.14. The average molecular weight is 142 g/mol. The Morgan fingerprint density at radius 2 is 1.70 bits per heavy atom. The molecular weight excluding hydrogens is 132 g/mol. The van der Waals surface area contributed by atoms with Gasteiger partial charge in [0.25, 0.3) is 0 Å². The molecule has 1 rings (SSSR count). The molecule has 0 bridgehead atoms. The van der Waals surface area contributed by atoms with Crippen molar-refractivity contribution in [2.24, 2.45) is 0 Å². The van der Waals surface area contributed by atoms with E-state index in [4.69, 9.17) is 14.9 Å². The van der Waals surface area contributed by atoms with Gasteiger partial charge in [-0.05, 0) is 18.6 Å². The van der Waals surface area contributed by atoms with Gasteiger partial charge in [0, 0.05) is 0 Å². The lowest BCUT2D eigenvalue weighted by Gasteiger charge is -2.12. The Hall–Kier alpha value is -0.800. The number of hydrogen-bond donors (Lipinski definition) is 2. The summed E-state index contributed by atoms with van der Waals surface area (Å²) < 4.78 is 5.01. The van der Waals surface area contributed by atoms with Crippen LogP contribution in [0.5, 0.6) is 0 Å². The van der Waals surface area contributed by atoms with Gasteiger partial charge in [-0.3, -0.25) is 0 Å². The molecule has 0 saturated carbocycles.